The zero-order valence-corrected chi connectivity index (χ0v) is 15.1. The molecule has 0 saturated heterocycles. The summed E-state index contributed by atoms with van der Waals surface area (Å²) in [5.74, 6) is -1.17. The monoisotopic (exact) mass is 399 g/mol. The Labute approximate surface area is 157 Å². The molecule has 0 radical (unpaired) electrons. The van der Waals surface area contributed by atoms with E-state index in [2.05, 4.69) is 4.98 Å². The average Bonchev–Trinajstić information content (AvgIpc) is 3.36. The fourth-order valence-electron chi connectivity index (χ4n) is 2.55. The third-order valence-electron chi connectivity index (χ3n) is 3.95. The Balaban J connectivity index is 1.87. The van der Waals surface area contributed by atoms with E-state index in [-0.39, 0.29) is 24.0 Å². The van der Waals surface area contributed by atoms with Crippen molar-refractivity contribution < 1.29 is 32.5 Å². The molecule has 1 aliphatic carbocycles. The summed E-state index contributed by atoms with van der Waals surface area (Å²) < 4.78 is 49.3. The van der Waals surface area contributed by atoms with Crippen LogP contribution in [0.4, 0.5) is 13.2 Å². The van der Waals surface area contributed by atoms with E-state index in [0.29, 0.717) is 27.3 Å². The number of carboxylic acid groups (broad SMARTS) is 1. The van der Waals surface area contributed by atoms with Crippen LogP contribution >= 0.6 is 11.3 Å². The number of rotatable bonds is 7. The van der Waals surface area contributed by atoms with E-state index in [9.17, 15) is 23.1 Å². The number of hydrogen-bond donors (Lipinski definition) is 1. The predicted molar refractivity (Wildman–Crippen MR) is 92.5 cm³/mol. The van der Waals surface area contributed by atoms with E-state index < -0.39 is 17.2 Å². The SMILES string of the molecule is CO/C=C(/C(=O)O)c1ccccc1COc1nc(C(F)(F)F)sc1C1CC1. The second kappa shape index (κ2) is 7.59. The van der Waals surface area contributed by atoms with Crippen LogP contribution in [0.1, 0.15) is 39.8 Å². The molecule has 1 fully saturated rings. The highest BCUT2D eigenvalue weighted by atomic mass is 32.1. The van der Waals surface area contributed by atoms with Crippen LogP contribution in [0, 0.1) is 0 Å². The average molecular weight is 399 g/mol. The van der Waals surface area contributed by atoms with Gasteiger partial charge in [-0.25, -0.2) is 4.79 Å². The van der Waals surface area contributed by atoms with Gasteiger partial charge in [-0.05, 0) is 29.9 Å². The van der Waals surface area contributed by atoms with Gasteiger partial charge in [0.05, 0.1) is 18.2 Å². The van der Waals surface area contributed by atoms with Gasteiger partial charge in [-0.15, -0.1) is 11.3 Å². The molecule has 0 amide bonds. The molecular weight excluding hydrogens is 383 g/mol. The van der Waals surface area contributed by atoms with Gasteiger partial charge in [-0.1, -0.05) is 24.3 Å². The Kier molecular flexibility index (Phi) is 5.41. The van der Waals surface area contributed by atoms with Gasteiger partial charge in [-0.3, -0.25) is 0 Å². The van der Waals surface area contributed by atoms with Gasteiger partial charge >= 0.3 is 12.1 Å². The number of aliphatic carboxylic acids is 1. The second-order valence-electron chi connectivity index (χ2n) is 5.98. The first-order valence-corrected chi connectivity index (χ1v) is 8.88. The fraction of sp³-hybridized carbons (Fsp3) is 0.333. The maximum Gasteiger partial charge on any atom is 0.443 e. The van der Waals surface area contributed by atoms with Crippen LogP contribution in [-0.4, -0.2) is 23.2 Å². The van der Waals surface area contributed by atoms with Crippen molar-refractivity contribution in [1.82, 2.24) is 4.98 Å². The van der Waals surface area contributed by atoms with E-state index in [1.165, 1.54) is 7.11 Å². The molecule has 5 nitrogen and oxygen atoms in total. The Morgan fingerprint density at radius 3 is 2.67 bits per heavy atom. The molecule has 1 saturated carbocycles. The smallest absolute Gasteiger partial charge is 0.443 e. The molecule has 27 heavy (non-hydrogen) atoms. The van der Waals surface area contributed by atoms with Crippen LogP contribution in [0.2, 0.25) is 0 Å². The van der Waals surface area contributed by atoms with E-state index in [1.807, 2.05) is 0 Å². The Morgan fingerprint density at radius 1 is 1.37 bits per heavy atom. The van der Waals surface area contributed by atoms with Crippen molar-refractivity contribution in [2.24, 2.45) is 0 Å². The van der Waals surface area contributed by atoms with E-state index in [1.54, 1.807) is 24.3 Å². The van der Waals surface area contributed by atoms with Crippen molar-refractivity contribution in [3.63, 3.8) is 0 Å². The van der Waals surface area contributed by atoms with Crippen LogP contribution in [0.5, 0.6) is 5.88 Å². The molecule has 1 aromatic heterocycles. The van der Waals surface area contributed by atoms with Gasteiger partial charge < -0.3 is 14.6 Å². The first-order chi connectivity index (χ1) is 12.8. The zero-order valence-electron chi connectivity index (χ0n) is 14.2. The number of benzene rings is 1. The normalized spacial score (nSPS) is 14.9. The molecule has 1 heterocycles. The lowest BCUT2D eigenvalue weighted by molar-refractivity contribution is -0.137. The minimum Gasteiger partial charge on any atom is -0.503 e. The number of nitrogens with zero attached hydrogens (tertiary/aromatic N) is 1. The topological polar surface area (TPSA) is 68.7 Å². The molecular formula is C18H16F3NO4S. The summed E-state index contributed by atoms with van der Waals surface area (Å²) in [4.78, 5) is 15.6. The minimum atomic E-state index is -4.52. The lowest BCUT2D eigenvalue weighted by Crippen LogP contribution is -2.07. The van der Waals surface area contributed by atoms with Crippen LogP contribution in [0.15, 0.2) is 30.5 Å². The molecule has 0 spiro atoms. The number of hydrogen-bond acceptors (Lipinski definition) is 5. The molecule has 144 valence electrons. The van der Waals surface area contributed by atoms with Crippen LogP contribution in [0.3, 0.4) is 0 Å². The third kappa shape index (κ3) is 4.41. The summed E-state index contributed by atoms with van der Waals surface area (Å²) in [5, 5.41) is 8.43. The number of ether oxygens (including phenoxy) is 2. The molecule has 0 unspecified atom stereocenters. The van der Waals surface area contributed by atoms with Crippen molar-refractivity contribution in [2.75, 3.05) is 7.11 Å². The van der Waals surface area contributed by atoms with E-state index in [4.69, 9.17) is 9.47 Å². The molecule has 9 heteroatoms. The van der Waals surface area contributed by atoms with Gasteiger partial charge in [-0.2, -0.15) is 18.2 Å². The van der Waals surface area contributed by atoms with Gasteiger partial charge in [0.25, 0.3) is 0 Å². The zero-order chi connectivity index (χ0) is 19.6. The Hall–Kier alpha value is -2.55. The molecule has 1 N–H and O–H groups in total. The van der Waals surface area contributed by atoms with Crippen LogP contribution < -0.4 is 4.74 Å². The van der Waals surface area contributed by atoms with Crippen LogP contribution in [0.25, 0.3) is 5.57 Å². The van der Waals surface area contributed by atoms with Crippen molar-refractivity contribution in [3.05, 3.63) is 51.5 Å². The fourth-order valence-corrected chi connectivity index (χ4v) is 3.59. The number of halogens is 3. The summed E-state index contributed by atoms with van der Waals surface area (Å²) in [6.45, 7) is -0.106. The van der Waals surface area contributed by atoms with Gasteiger partial charge in [0.15, 0.2) is 0 Å². The largest absolute Gasteiger partial charge is 0.503 e. The number of thiazole rings is 1. The molecule has 1 aliphatic rings. The summed E-state index contributed by atoms with van der Waals surface area (Å²) in [6.07, 6.45) is -1.80. The number of carbonyl (C=O) groups is 1. The van der Waals surface area contributed by atoms with E-state index >= 15 is 0 Å². The Bertz CT molecular complexity index is 872. The quantitative estimate of drug-likeness (QED) is 0.540. The van der Waals surface area contributed by atoms with E-state index in [0.717, 1.165) is 19.1 Å². The van der Waals surface area contributed by atoms with Gasteiger partial charge in [0, 0.05) is 0 Å². The summed E-state index contributed by atoms with van der Waals surface area (Å²) in [5.41, 5.74) is 0.797. The molecule has 0 atom stereocenters. The second-order valence-corrected chi connectivity index (χ2v) is 7.01. The first kappa shape index (κ1) is 19.2. The predicted octanol–water partition coefficient (Wildman–Crippen LogP) is 4.69. The summed E-state index contributed by atoms with van der Waals surface area (Å²) in [7, 11) is 1.33. The first-order valence-electron chi connectivity index (χ1n) is 8.06. The molecule has 0 bridgehead atoms. The summed E-state index contributed by atoms with van der Waals surface area (Å²) >= 11 is 0.609. The highest BCUT2D eigenvalue weighted by molar-refractivity contribution is 7.12. The lowest BCUT2D eigenvalue weighted by Gasteiger charge is -2.11. The third-order valence-corrected chi connectivity index (χ3v) is 5.19. The summed E-state index contributed by atoms with van der Waals surface area (Å²) in [6, 6.07) is 6.58. The molecule has 1 aromatic carbocycles. The van der Waals surface area contributed by atoms with Crippen LogP contribution in [-0.2, 0) is 22.3 Å². The Morgan fingerprint density at radius 2 is 2.07 bits per heavy atom. The molecule has 3 rings (SSSR count). The number of carboxylic acids is 1. The number of methoxy groups -OCH3 is 1. The maximum atomic E-state index is 13.0. The van der Waals surface area contributed by atoms with Gasteiger partial charge in [0.2, 0.25) is 10.9 Å². The molecule has 2 aromatic rings. The number of alkyl halides is 3. The standard InChI is InChI=1S/C18H16F3NO4S/c1-25-9-13(16(23)24)12-5-3-2-4-11(12)8-26-15-14(10-6-7-10)27-17(22-15)18(19,20)21/h2-5,9-10H,6-8H2,1H3,(H,23,24)/b13-9+. The maximum absolute atomic E-state index is 13.0. The highest BCUT2D eigenvalue weighted by Crippen LogP contribution is 2.49. The van der Waals surface area contributed by atoms with Crippen molar-refractivity contribution in [1.29, 1.82) is 0 Å². The molecule has 0 aliphatic heterocycles. The van der Waals surface area contributed by atoms with Crippen molar-refractivity contribution in [2.45, 2.75) is 31.5 Å². The highest BCUT2D eigenvalue weighted by Gasteiger charge is 2.39. The van der Waals surface area contributed by atoms with Crippen molar-refractivity contribution in [3.8, 4) is 5.88 Å². The number of aromatic nitrogens is 1. The lowest BCUT2D eigenvalue weighted by atomic mass is 10.0. The van der Waals surface area contributed by atoms with Gasteiger partial charge in [0.1, 0.15) is 12.2 Å². The van der Waals surface area contributed by atoms with Crippen molar-refractivity contribution >= 4 is 22.9 Å². The minimum absolute atomic E-state index is 0.0303.